The van der Waals surface area contributed by atoms with Crippen molar-refractivity contribution in [3.63, 3.8) is 0 Å². The van der Waals surface area contributed by atoms with Gasteiger partial charge < -0.3 is 9.47 Å². The predicted octanol–water partition coefficient (Wildman–Crippen LogP) is 3.76. The van der Waals surface area contributed by atoms with E-state index in [1.54, 1.807) is 0 Å². The Morgan fingerprint density at radius 1 is 1.27 bits per heavy atom. The van der Waals surface area contributed by atoms with Crippen LogP contribution in [-0.2, 0) is 10.1 Å². The Bertz CT molecular complexity index is 303. The van der Waals surface area contributed by atoms with Crippen LogP contribution in [0.3, 0.4) is 0 Å². The number of ether oxygens (including phenoxy) is 2. The van der Waals surface area contributed by atoms with E-state index < -0.39 is 0 Å². The maximum Gasteiger partial charge on any atom is 0.123 e. The molecule has 2 nitrogen and oxygen atoms in total. The summed E-state index contributed by atoms with van der Waals surface area (Å²) in [6.07, 6.45) is 0. The molecule has 0 radical (unpaired) electrons. The molecule has 0 fully saturated rings. The summed E-state index contributed by atoms with van der Waals surface area (Å²) in [4.78, 5) is 0. The van der Waals surface area contributed by atoms with Gasteiger partial charge >= 0.3 is 0 Å². The van der Waals surface area contributed by atoms with Crippen molar-refractivity contribution in [2.75, 3.05) is 19.8 Å². The molecule has 0 aliphatic carbocycles. The van der Waals surface area contributed by atoms with Crippen molar-refractivity contribution < 1.29 is 9.47 Å². The molecule has 1 aromatic rings. The second-order valence-corrected chi connectivity index (χ2v) is 4.41. The van der Waals surface area contributed by atoms with Crippen LogP contribution < -0.4 is 4.74 Å². The summed E-state index contributed by atoms with van der Waals surface area (Å²) in [7, 11) is 0. The fraction of sp³-hybridized carbons (Fsp3) is 0.455. The quantitative estimate of drug-likeness (QED) is 0.581. The van der Waals surface area contributed by atoms with E-state index >= 15 is 0 Å². The van der Waals surface area contributed by atoms with Gasteiger partial charge in [-0.05, 0) is 25.1 Å². The Balaban J connectivity index is 2.52. The zero-order valence-corrected chi connectivity index (χ0v) is 11.8. The average Bonchev–Trinajstić information content (AvgIpc) is 2.26. The van der Waals surface area contributed by atoms with E-state index in [0.717, 1.165) is 27.7 Å². The van der Waals surface area contributed by atoms with Crippen LogP contribution in [0.15, 0.2) is 22.7 Å². The molecule has 0 amide bonds. The van der Waals surface area contributed by atoms with Gasteiger partial charge in [0.1, 0.15) is 12.4 Å². The monoisotopic (exact) mass is 336 g/mol. The van der Waals surface area contributed by atoms with Gasteiger partial charge in [0.05, 0.1) is 6.61 Å². The molecule has 4 heteroatoms. The van der Waals surface area contributed by atoms with Crippen LogP contribution in [0, 0.1) is 0 Å². The summed E-state index contributed by atoms with van der Waals surface area (Å²) in [5, 5.41) is 0.788. The lowest BCUT2D eigenvalue weighted by molar-refractivity contribution is 0.110. The van der Waals surface area contributed by atoms with Gasteiger partial charge in [-0.3, -0.25) is 0 Å². The fourth-order valence-corrected chi connectivity index (χ4v) is 1.99. The summed E-state index contributed by atoms with van der Waals surface area (Å²) in [5.41, 5.74) is 1.14. The highest BCUT2D eigenvalue weighted by Gasteiger charge is 2.02. The van der Waals surface area contributed by atoms with Crippen molar-refractivity contribution in [2.45, 2.75) is 12.3 Å². The van der Waals surface area contributed by atoms with Gasteiger partial charge in [0.25, 0.3) is 0 Å². The summed E-state index contributed by atoms with van der Waals surface area (Å²) in [6, 6.07) is 5.99. The average molecular weight is 338 g/mol. The lowest BCUT2D eigenvalue weighted by Gasteiger charge is -2.10. The van der Waals surface area contributed by atoms with Crippen LogP contribution in [0.5, 0.6) is 5.75 Å². The van der Waals surface area contributed by atoms with E-state index in [9.17, 15) is 0 Å². The molecule has 0 bridgehead atoms. The van der Waals surface area contributed by atoms with Gasteiger partial charge in [-0.1, -0.05) is 31.9 Å². The SMILES string of the molecule is CCOCCOc1ccc(Br)cc1CBr. The van der Waals surface area contributed by atoms with E-state index in [0.29, 0.717) is 13.2 Å². The normalized spacial score (nSPS) is 10.3. The molecule has 0 aromatic heterocycles. The first-order valence-corrected chi connectivity index (χ1v) is 6.74. The smallest absolute Gasteiger partial charge is 0.123 e. The van der Waals surface area contributed by atoms with Crippen LogP contribution in [-0.4, -0.2) is 19.8 Å². The molecular formula is C11H14Br2O2. The number of rotatable bonds is 6. The molecule has 0 unspecified atom stereocenters. The number of alkyl halides is 1. The number of halogens is 2. The molecule has 0 aliphatic rings. The lowest BCUT2D eigenvalue weighted by Crippen LogP contribution is -2.07. The van der Waals surface area contributed by atoms with E-state index in [4.69, 9.17) is 9.47 Å². The summed E-state index contributed by atoms with van der Waals surface area (Å²) in [5.74, 6) is 0.912. The second-order valence-electron chi connectivity index (χ2n) is 2.93. The summed E-state index contributed by atoms with van der Waals surface area (Å²) in [6.45, 7) is 3.93. The number of hydrogen-bond acceptors (Lipinski definition) is 2. The van der Waals surface area contributed by atoms with E-state index in [2.05, 4.69) is 31.9 Å². The van der Waals surface area contributed by atoms with Crippen LogP contribution in [0.4, 0.5) is 0 Å². The molecule has 15 heavy (non-hydrogen) atoms. The van der Waals surface area contributed by atoms with Gasteiger partial charge in [-0.25, -0.2) is 0 Å². The Labute approximate surface area is 107 Å². The molecule has 0 spiro atoms. The standard InChI is InChI=1S/C11H14Br2O2/c1-2-14-5-6-15-11-4-3-10(13)7-9(11)8-12/h3-4,7H,2,5-6,8H2,1H3. The van der Waals surface area contributed by atoms with Crippen LogP contribution in [0.2, 0.25) is 0 Å². The topological polar surface area (TPSA) is 18.5 Å². The highest BCUT2D eigenvalue weighted by molar-refractivity contribution is 9.10. The van der Waals surface area contributed by atoms with Gasteiger partial charge in [0.2, 0.25) is 0 Å². The van der Waals surface area contributed by atoms with Gasteiger partial charge in [0.15, 0.2) is 0 Å². The zero-order chi connectivity index (χ0) is 11.1. The second kappa shape index (κ2) is 7.25. The molecule has 1 rings (SSSR count). The van der Waals surface area contributed by atoms with Gasteiger partial charge in [-0.15, -0.1) is 0 Å². The van der Waals surface area contributed by atoms with E-state index in [1.807, 2.05) is 25.1 Å². The molecule has 0 atom stereocenters. The van der Waals surface area contributed by atoms with Crippen molar-refractivity contribution >= 4 is 31.9 Å². The third-order valence-electron chi connectivity index (χ3n) is 1.86. The van der Waals surface area contributed by atoms with Crippen LogP contribution in [0.1, 0.15) is 12.5 Å². The molecule has 1 aromatic carbocycles. The van der Waals surface area contributed by atoms with Gasteiger partial charge in [0, 0.05) is 22.0 Å². The molecule has 84 valence electrons. The molecule has 0 aliphatic heterocycles. The molecule has 0 heterocycles. The van der Waals surface area contributed by atoms with Crippen molar-refractivity contribution in [3.05, 3.63) is 28.2 Å². The van der Waals surface area contributed by atoms with Crippen molar-refractivity contribution in [1.82, 2.24) is 0 Å². The highest BCUT2D eigenvalue weighted by Crippen LogP contribution is 2.25. The molecule has 0 saturated heterocycles. The highest BCUT2D eigenvalue weighted by atomic mass is 79.9. The van der Waals surface area contributed by atoms with Crippen molar-refractivity contribution in [2.24, 2.45) is 0 Å². The molecule has 0 N–H and O–H groups in total. The maximum absolute atomic E-state index is 5.61. The van der Waals surface area contributed by atoms with E-state index in [1.165, 1.54) is 0 Å². The minimum atomic E-state index is 0.593. The van der Waals surface area contributed by atoms with Crippen LogP contribution in [0.25, 0.3) is 0 Å². The first-order chi connectivity index (χ1) is 7.27. The largest absolute Gasteiger partial charge is 0.491 e. The lowest BCUT2D eigenvalue weighted by atomic mass is 10.2. The predicted molar refractivity (Wildman–Crippen MR) is 68.8 cm³/mol. The Morgan fingerprint density at radius 2 is 2.07 bits per heavy atom. The number of benzene rings is 1. The summed E-state index contributed by atoms with van der Waals surface area (Å²) < 4.78 is 11.9. The summed E-state index contributed by atoms with van der Waals surface area (Å²) >= 11 is 6.86. The first kappa shape index (κ1) is 13.0. The Kier molecular flexibility index (Phi) is 6.29. The van der Waals surface area contributed by atoms with Crippen LogP contribution >= 0.6 is 31.9 Å². The minimum Gasteiger partial charge on any atom is -0.491 e. The third kappa shape index (κ3) is 4.53. The fourth-order valence-electron chi connectivity index (χ4n) is 1.15. The Morgan fingerprint density at radius 3 is 2.73 bits per heavy atom. The Hall–Kier alpha value is -0.0600. The third-order valence-corrected chi connectivity index (χ3v) is 2.95. The molecule has 0 saturated carbocycles. The number of hydrogen-bond donors (Lipinski definition) is 0. The maximum atomic E-state index is 5.61. The molecular weight excluding hydrogens is 324 g/mol. The van der Waals surface area contributed by atoms with Crippen molar-refractivity contribution in [3.8, 4) is 5.75 Å². The van der Waals surface area contributed by atoms with E-state index in [-0.39, 0.29) is 0 Å². The zero-order valence-electron chi connectivity index (χ0n) is 8.63. The van der Waals surface area contributed by atoms with Crippen molar-refractivity contribution in [1.29, 1.82) is 0 Å². The minimum absolute atomic E-state index is 0.593. The van der Waals surface area contributed by atoms with Gasteiger partial charge in [-0.2, -0.15) is 0 Å². The first-order valence-electron chi connectivity index (χ1n) is 4.83.